The zero-order valence-corrected chi connectivity index (χ0v) is 19.5. The van der Waals surface area contributed by atoms with Crippen molar-refractivity contribution >= 4 is 22.7 Å². The number of hydrogen-bond acceptors (Lipinski definition) is 5. The highest BCUT2D eigenvalue weighted by Gasteiger charge is 2.61. The van der Waals surface area contributed by atoms with Crippen molar-refractivity contribution in [3.05, 3.63) is 71.9 Å². The van der Waals surface area contributed by atoms with Gasteiger partial charge in [0.15, 0.2) is 5.79 Å². The Balaban J connectivity index is 1.26. The lowest BCUT2D eigenvalue weighted by atomic mass is 9.96. The molecule has 8 heteroatoms. The van der Waals surface area contributed by atoms with E-state index in [1.54, 1.807) is 12.1 Å². The van der Waals surface area contributed by atoms with Crippen LogP contribution < -0.4 is 10.6 Å². The Labute approximate surface area is 198 Å². The summed E-state index contributed by atoms with van der Waals surface area (Å²) in [5.41, 5.74) is 1.31. The second-order valence-electron chi connectivity index (χ2n) is 9.36. The van der Waals surface area contributed by atoms with Gasteiger partial charge in [0.25, 0.3) is 11.8 Å². The number of amides is 2. The number of carbonyl (C=O) groups is 2. The standard InChI is InChI=1S/C26H29N3O5/c1-25(2)33-22-21(14-27-24(31)20-13-18-11-7-8-12-19(18)29(20)3)32-16-26(22,34-25)15-28-23(30)17-9-5-4-6-10-17/h4-13,21-22H,14-16H2,1-3H3,(H,27,31)(H,28,30)/t21-,22-,26+/m1/s1. The number of ether oxygens (including phenoxy) is 3. The summed E-state index contributed by atoms with van der Waals surface area (Å²) in [4.78, 5) is 25.5. The van der Waals surface area contributed by atoms with E-state index in [1.807, 2.05) is 74.0 Å². The quantitative estimate of drug-likeness (QED) is 0.587. The summed E-state index contributed by atoms with van der Waals surface area (Å²) >= 11 is 0. The fourth-order valence-corrected chi connectivity index (χ4v) is 4.91. The highest BCUT2D eigenvalue weighted by atomic mass is 16.8. The van der Waals surface area contributed by atoms with Crippen molar-refractivity contribution in [2.45, 2.75) is 37.4 Å². The average Bonchev–Trinajstić information content (AvgIpc) is 3.43. The van der Waals surface area contributed by atoms with Gasteiger partial charge in [0.05, 0.1) is 13.2 Å². The number of nitrogens with zero attached hydrogens (tertiary/aromatic N) is 1. The number of rotatable bonds is 6. The predicted octanol–water partition coefficient (Wildman–Crippen LogP) is 2.63. The molecular weight excluding hydrogens is 434 g/mol. The second kappa shape index (κ2) is 8.54. The maximum Gasteiger partial charge on any atom is 0.268 e. The Morgan fingerprint density at radius 3 is 2.53 bits per heavy atom. The van der Waals surface area contributed by atoms with Gasteiger partial charge in [-0.2, -0.15) is 0 Å². The Morgan fingerprint density at radius 2 is 1.76 bits per heavy atom. The summed E-state index contributed by atoms with van der Waals surface area (Å²) in [7, 11) is 1.88. The Hall–Kier alpha value is -3.20. The molecule has 2 fully saturated rings. The molecule has 3 heterocycles. The number of benzene rings is 2. The van der Waals surface area contributed by atoms with E-state index in [1.165, 1.54) is 0 Å². The molecule has 0 unspecified atom stereocenters. The van der Waals surface area contributed by atoms with E-state index in [2.05, 4.69) is 10.6 Å². The minimum absolute atomic E-state index is 0.185. The van der Waals surface area contributed by atoms with Crippen LogP contribution in [0.4, 0.5) is 0 Å². The summed E-state index contributed by atoms with van der Waals surface area (Å²) in [6.07, 6.45) is -0.847. The van der Waals surface area contributed by atoms with Gasteiger partial charge >= 0.3 is 0 Å². The normalized spacial score (nSPS) is 25.3. The highest BCUT2D eigenvalue weighted by molar-refractivity contribution is 5.98. The lowest BCUT2D eigenvalue weighted by molar-refractivity contribution is -0.188. The van der Waals surface area contributed by atoms with Crippen LogP contribution in [0.15, 0.2) is 60.7 Å². The van der Waals surface area contributed by atoms with Crippen LogP contribution in [0.3, 0.4) is 0 Å². The molecular formula is C26H29N3O5. The molecule has 0 aliphatic carbocycles. The topological polar surface area (TPSA) is 90.8 Å². The van der Waals surface area contributed by atoms with Crippen molar-refractivity contribution in [1.29, 1.82) is 0 Å². The van der Waals surface area contributed by atoms with Crippen LogP contribution in [0.5, 0.6) is 0 Å². The first kappa shape index (κ1) is 22.6. The van der Waals surface area contributed by atoms with Crippen molar-refractivity contribution in [3.63, 3.8) is 0 Å². The number of carbonyl (C=O) groups excluding carboxylic acids is 2. The molecule has 2 amide bonds. The van der Waals surface area contributed by atoms with E-state index in [0.717, 1.165) is 10.9 Å². The number of para-hydroxylation sites is 1. The van der Waals surface area contributed by atoms with Crippen LogP contribution in [-0.4, -0.2) is 59.7 Å². The summed E-state index contributed by atoms with van der Waals surface area (Å²) in [5.74, 6) is -1.20. The smallest absolute Gasteiger partial charge is 0.268 e. The molecule has 0 radical (unpaired) electrons. The SMILES string of the molecule is Cn1c(C(=O)NC[C@H]2OC[C@]3(CNC(=O)c4ccccc4)OC(C)(C)O[C@H]23)cc2ccccc21. The lowest BCUT2D eigenvalue weighted by Crippen LogP contribution is -2.52. The molecule has 2 saturated heterocycles. The van der Waals surface area contributed by atoms with Crippen LogP contribution in [0.25, 0.3) is 10.9 Å². The van der Waals surface area contributed by atoms with Crippen molar-refractivity contribution in [2.24, 2.45) is 7.05 Å². The molecule has 3 atom stereocenters. The summed E-state index contributed by atoms with van der Waals surface area (Å²) in [6, 6.07) is 18.8. The average molecular weight is 464 g/mol. The number of aryl methyl sites for hydroxylation is 1. The van der Waals surface area contributed by atoms with Gasteiger partial charge in [-0.25, -0.2) is 0 Å². The summed E-state index contributed by atoms with van der Waals surface area (Å²) < 4.78 is 20.3. The van der Waals surface area contributed by atoms with E-state index < -0.39 is 23.6 Å². The first-order valence-corrected chi connectivity index (χ1v) is 11.4. The first-order valence-electron chi connectivity index (χ1n) is 11.4. The Kier molecular flexibility index (Phi) is 5.67. The molecule has 0 spiro atoms. The molecule has 0 bridgehead atoms. The van der Waals surface area contributed by atoms with Gasteiger partial charge < -0.3 is 29.4 Å². The van der Waals surface area contributed by atoms with E-state index in [4.69, 9.17) is 14.2 Å². The molecule has 1 aromatic heterocycles. The molecule has 8 nitrogen and oxygen atoms in total. The van der Waals surface area contributed by atoms with Crippen LogP contribution in [0, 0.1) is 0 Å². The third-order valence-corrected chi connectivity index (χ3v) is 6.49. The van der Waals surface area contributed by atoms with Gasteiger partial charge in [-0.15, -0.1) is 0 Å². The van der Waals surface area contributed by atoms with Gasteiger partial charge in [0.1, 0.15) is 23.5 Å². The van der Waals surface area contributed by atoms with E-state index in [0.29, 0.717) is 11.3 Å². The minimum atomic E-state index is -0.830. The first-order chi connectivity index (χ1) is 16.3. The fourth-order valence-electron chi connectivity index (χ4n) is 4.91. The van der Waals surface area contributed by atoms with Crippen molar-refractivity contribution in [2.75, 3.05) is 19.7 Å². The molecule has 0 saturated carbocycles. The van der Waals surface area contributed by atoms with Crippen molar-refractivity contribution in [1.82, 2.24) is 15.2 Å². The number of fused-ring (bicyclic) bond motifs is 2. The molecule has 34 heavy (non-hydrogen) atoms. The van der Waals surface area contributed by atoms with Crippen molar-refractivity contribution < 1.29 is 23.8 Å². The number of nitrogens with one attached hydrogen (secondary N) is 2. The van der Waals surface area contributed by atoms with Crippen LogP contribution in [0.1, 0.15) is 34.7 Å². The van der Waals surface area contributed by atoms with E-state index >= 15 is 0 Å². The van der Waals surface area contributed by atoms with Crippen LogP contribution >= 0.6 is 0 Å². The maximum atomic E-state index is 12.9. The van der Waals surface area contributed by atoms with Crippen molar-refractivity contribution in [3.8, 4) is 0 Å². The predicted molar refractivity (Wildman–Crippen MR) is 127 cm³/mol. The third kappa shape index (κ3) is 4.09. The largest absolute Gasteiger partial charge is 0.370 e. The zero-order valence-electron chi connectivity index (χ0n) is 19.5. The Bertz CT molecular complexity index is 1220. The monoisotopic (exact) mass is 463 g/mol. The maximum absolute atomic E-state index is 12.9. The van der Waals surface area contributed by atoms with Crippen LogP contribution in [0.2, 0.25) is 0 Å². The molecule has 2 aliphatic heterocycles. The lowest BCUT2D eigenvalue weighted by Gasteiger charge is -2.27. The fraction of sp³-hybridized carbons (Fsp3) is 0.385. The Morgan fingerprint density at radius 1 is 1.03 bits per heavy atom. The zero-order chi connectivity index (χ0) is 23.9. The molecule has 2 N–H and O–H groups in total. The van der Waals surface area contributed by atoms with Gasteiger partial charge in [0, 0.05) is 30.1 Å². The number of aromatic nitrogens is 1. The molecule has 2 aliphatic rings. The van der Waals surface area contributed by atoms with Gasteiger partial charge in [-0.05, 0) is 38.1 Å². The number of hydrogen-bond donors (Lipinski definition) is 2. The molecule has 178 valence electrons. The van der Waals surface area contributed by atoms with E-state index in [-0.39, 0.29) is 31.5 Å². The van der Waals surface area contributed by atoms with E-state index in [9.17, 15) is 9.59 Å². The van der Waals surface area contributed by atoms with Crippen LogP contribution in [-0.2, 0) is 21.3 Å². The summed E-state index contributed by atoms with van der Waals surface area (Å²) in [6.45, 7) is 4.45. The highest BCUT2D eigenvalue weighted by Crippen LogP contribution is 2.43. The third-order valence-electron chi connectivity index (χ3n) is 6.49. The van der Waals surface area contributed by atoms with Gasteiger partial charge in [-0.3, -0.25) is 9.59 Å². The van der Waals surface area contributed by atoms with Gasteiger partial charge in [-0.1, -0.05) is 36.4 Å². The molecule has 5 rings (SSSR count). The molecule has 3 aromatic rings. The second-order valence-corrected chi connectivity index (χ2v) is 9.36. The summed E-state index contributed by atoms with van der Waals surface area (Å²) in [5, 5.41) is 6.95. The van der Waals surface area contributed by atoms with Gasteiger partial charge in [0.2, 0.25) is 0 Å². The minimum Gasteiger partial charge on any atom is -0.370 e. The molecule has 2 aromatic carbocycles.